The number of nitrogens with one attached hydrogen (secondary N) is 2. The second kappa shape index (κ2) is 9.04. The van der Waals surface area contributed by atoms with E-state index < -0.39 is 28.0 Å². The Morgan fingerprint density at radius 2 is 1.66 bits per heavy atom. The van der Waals surface area contributed by atoms with Gasteiger partial charge in [0.15, 0.2) is 0 Å². The van der Waals surface area contributed by atoms with Gasteiger partial charge in [-0.3, -0.25) is 9.59 Å². The molecule has 1 saturated carbocycles. The molecule has 6 nitrogen and oxygen atoms in total. The Labute approximate surface area is 208 Å². The molecule has 32 heavy (non-hydrogen) atoms. The summed E-state index contributed by atoms with van der Waals surface area (Å²) in [6.07, 6.45) is 2.71. The molecule has 0 saturated heterocycles. The molecule has 2 atom stereocenters. The lowest BCUT2D eigenvalue weighted by molar-refractivity contribution is -0.117. The standard InChI is InChI=1S/C21H13Cl5N4O2/c22-11-5-10(6-12(23)7-11)17-18(21(17,25)26)20(32)29-13-1-2-14(24)16(8-13)30-19(31)15-3-4-27-9-28-15/h1-9,17-18H,(H,29,32)(H,30,31). The van der Waals surface area contributed by atoms with Crippen LogP contribution in [0.1, 0.15) is 22.0 Å². The maximum absolute atomic E-state index is 12.9. The smallest absolute Gasteiger partial charge is 0.274 e. The summed E-state index contributed by atoms with van der Waals surface area (Å²) in [5.74, 6) is -2.08. The first kappa shape index (κ1) is 23.1. The minimum atomic E-state index is -1.31. The second-order valence-corrected chi connectivity index (χ2v) is 9.79. The van der Waals surface area contributed by atoms with Crippen molar-refractivity contribution in [1.29, 1.82) is 0 Å². The van der Waals surface area contributed by atoms with Gasteiger partial charge in [0.2, 0.25) is 5.91 Å². The van der Waals surface area contributed by atoms with Crippen molar-refractivity contribution in [1.82, 2.24) is 9.97 Å². The van der Waals surface area contributed by atoms with E-state index in [-0.39, 0.29) is 10.7 Å². The van der Waals surface area contributed by atoms with Crippen LogP contribution in [0.2, 0.25) is 15.1 Å². The van der Waals surface area contributed by atoms with Gasteiger partial charge in [-0.05, 0) is 48.0 Å². The van der Waals surface area contributed by atoms with Gasteiger partial charge in [0.25, 0.3) is 5.91 Å². The molecule has 0 bridgehead atoms. The summed E-state index contributed by atoms with van der Waals surface area (Å²) in [7, 11) is 0. The second-order valence-electron chi connectivity index (χ2n) is 7.07. The van der Waals surface area contributed by atoms with E-state index in [1.807, 2.05) is 0 Å². The van der Waals surface area contributed by atoms with Gasteiger partial charge < -0.3 is 10.6 Å². The zero-order chi connectivity index (χ0) is 23.0. The normalized spacial score (nSPS) is 18.7. The van der Waals surface area contributed by atoms with Gasteiger partial charge in [-0.15, -0.1) is 23.2 Å². The largest absolute Gasteiger partial charge is 0.326 e. The van der Waals surface area contributed by atoms with Crippen LogP contribution in [-0.4, -0.2) is 26.1 Å². The molecule has 1 aliphatic rings. The topological polar surface area (TPSA) is 84.0 Å². The number of hydrogen-bond acceptors (Lipinski definition) is 4. The zero-order valence-corrected chi connectivity index (χ0v) is 19.7. The van der Waals surface area contributed by atoms with E-state index in [9.17, 15) is 9.59 Å². The molecule has 3 aromatic rings. The average Bonchev–Trinajstić information content (AvgIpc) is 3.32. The number of carbonyl (C=O) groups excluding carboxylic acids is 2. The number of anilines is 2. The lowest BCUT2D eigenvalue weighted by atomic mass is 10.1. The SMILES string of the molecule is O=C(Nc1cc(NC(=O)C2C(c3cc(Cl)cc(Cl)c3)C2(Cl)Cl)ccc1Cl)c1ccncn1. The number of aromatic nitrogens is 2. The van der Waals surface area contributed by atoms with E-state index in [0.717, 1.165) is 0 Å². The first-order valence-corrected chi connectivity index (χ1v) is 11.1. The van der Waals surface area contributed by atoms with Crippen LogP contribution in [-0.2, 0) is 4.79 Å². The first-order chi connectivity index (χ1) is 15.2. The predicted molar refractivity (Wildman–Crippen MR) is 127 cm³/mol. The third kappa shape index (κ3) is 4.80. The fraction of sp³-hybridized carbons (Fsp3) is 0.143. The van der Waals surface area contributed by atoms with E-state index in [0.29, 0.717) is 27.0 Å². The fourth-order valence-electron chi connectivity index (χ4n) is 3.35. The molecular formula is C21H13Cl5N4O2. The maximum atomic E-state index is 12.9. The van der Waals surface area contributed by atoms with Crippen molar-refractivity contribution in [3.05, 3.63) is 81.3 Å². The highest BCUT2D eigenvalue weighted by molar-refractivity contribution is 6.53. The van der Waals surface area contributed by atoms with E-state index in [1.54, 1.807) is 30.3 Å². The van der Waals surface area contributed by atoms with Crippen LogP contribution in [0.25, 0.3) is 0 Å². The highest BCUT2D eigenvalue weighted by Crippen LogP contribution is 2.65. The number of halogens is 5. The number of amides is 2. The van der Waals surface area contributed by atoms with Gasteiger partial charge in [-0.25, -0.2) is 9.97 Å². The third-order valence-corrected chi connectivity index (χ3v) is 6.58. The highest BCUT2D eigenvalue weighted by atomic mass is 35.5. The van der Waals surface area contributed by atoms with Gasteiger partial charge in [0, 0.05) is 27.8 Å². The molecule has 11 heteroatoms. The molecule has 2 amide bonds. The first-order valence-electron chi connectivity index (χ1n) is 9.18. The maximum Gasteiger partial charge on any atom is 0.274 e. The summed E-state index contributed by atoms with van der Waals surface area (Å²) >= 11 is 31.1. The van der Waals surface area contributed by atoms with Crippen LogP contribution in [0, 0.1) is 5.92 Å². The van der Waals surface area contributed by atoms with Gasteiger partial charge in [-0.1, -0.05) is 34.8 Å². The minimum Gasteiger partial charge on any atom is -0.326 e. The lowest BCUT2D eigenvalue weighted by Crippen LogP contribution is -2.18. The van der Waals surface area contributed by atoms with Gasteiger partial charge >= 0.3 is 0 Å². The van der Waals surface area contributed by atoms with Crippen LogP contribution in [0.15, 0.2) is 55.0 Å². The number of alkyl halides is 2. The van der Waals surface area contributed by atoms with Crippen LogP contribution in [0.5, 0.6) is 0 Å². The van der Waals surface area contributed by atoms with Crippen molar-refractivity contribution in [2.75, 3.05) is 10.6 Å². The summed E-state index contributed by atoms with van der Waals surface area (Å²) in [6.45, 7) is 0. The molecule has 1 fully saturated rings. The Bertz CT molecular complexity index is 1190. The summed E-state index contributed by atoms with van der Waals surface area (Å²) < 4.78 is -1.31. The van der Waals surface area contributed by atoms with Crippen molar-refractivity contribution >= 4 is 81.2 Å². The molecule has 0 spiro atoms. The molecule has 164 valence electrons. The Morgan fingerprint density at radius 1 is 0.938 bits per heavy atom. The fourth-order valence-corrected chi connectivity index (χ4v) is 4.89. The molecule has 1 aliphatic carbocycles. The van der Waals surface area contributed by atoms with E-state index >= 15 is 0 Å². The molecule has 0 radical (unpaired) electrons. The van der Waals surface area contributed by atoms with Gasteiger partial charge in [0.1, 0.15) is 16.4 Å². The van der Waals surface area contributed by atoms with E-state index in [2.05, 4.69) is 20.6 Å². The molecule has 1 aromatic heterocycles. The zero-order valence-electron chi connectivity index (χ0n) is 16.0. The molecule has 0 aliphatic heterocycles. The Kier molecular flexibility index (Phi) is 6.52. The average molecular weight is 531 g/mol. The van der Waals surface area contributed by atoms with E-state index in [4.69, 9.17) is 58.0 Å². The van der Waals surface area contributed by atoms with E-state index in [1.165, 1.54) is 24.7 Å². The molecular weight excluding hydrogens is 518 g/mol. The molecule has 2 unspecified atom stereocenters. The summed E-state index contributed by atoms with van der Waals surface area (Å²) in [6, 6.07) is 11.1. The summed E-state index contributed by atoms with van der Waals surface area (Å²) in [5, 5.41) is 6.54. The molecule has 1 heterocycles. The number of nitrogens with zero attached hydrogens (tertiary/aromatic N) is 2. The van der Waals surface area contributed by atoms with Crippen LogP contribution < -0.4 is 10.6 Å². The highest BCUT2D eigenvalue weighted by Gasteiger charge is 2.67. The minimum absolute atomic E-state index is 0.167. The lowest BCUT2D eigenvalue weighted by Gasteiger charge is -2.10. The Hall–Kier alpha value is -2.09. The Balaban J connectivity index is 1.50. The Morgan fingerprint density at radius 3 is 2.31 bits per heavy atom. The third-order valence-electron chi connectivity index (χ3n) is 4.88. The summed E-state index contributed by atoms with van der Waals surface area (Å²) in [4.78, 5) is 32.9. The molecule has 4 rings (SSSR count). The molecule has 2 aromatic carbocycles. The van der Waals surface area contributed by atoms with Crippen LogP contribution >= 0.6 is 58.0 Å². The molecule has 2 N–H and O–H groups in total. The quantitative estimate of drug-likeness (QED) is 0.384. The number of benzene rings is 2. The number of rotatable bonds is 5. The van der Waals surface area contributed by atoms with Crippen molar-refractivity contribution < 1.29 is 9.59 Å². The van der Waals surface area contributed by atoms with Crippen LogP contribution in [0.3, 0.4) is 0 Å². The van der Waals surface area contributed by atoms with Crippen LogP contribution in [0.4, 0.5) is 11.4 Å². The monoisotopic (exact) mass is 528 g/mol. The summed E-state index contributed by atoms with van der Waals surface area (Å²) in [5.41, 5.74) is 1.53. The van der Waals surface area contributed by atoms with Gasteiger partial charge in [-0.2, -0.15) is 0 Å². The number of hydrogen-bond donors (Lipinski definition) is 2. The predicted octanol–water partition coefficient (Wildman–Crippen LogP) is 6.22. The van der Waals surface area contributed by atoms with Crippen molar-refractivity contribution in [3.8, 4) is 0 Å². The van der Waals surface area contributed by atoms with Gasteiger partial charge in [0.05, 0.1) is 16.6 Å². The number of carbonyl (C=O) groups is 2. The van der Waals surface area contributed by atoms with Crippen molar-refractivity contribution in [2.24, 2.45) is 5.92 Å². The van der Waals surface area contributed by atoms with Crippen molar-refractivity contribution in [3.63, 3.8) is 0 Å². The van der Waals surface area contributed by atoms with Crippen molar-refractivity contribution in [2.45, 2.75) is 10.3 Å².